The zero-order valence-electron chi connectivity index (χ0n) is 26.1. The fourth-order valence-corrected chi connectivity index (χ4v) is 5.92. The highest BCUT2D eigenvalue weighted by atomic mass is 14.8. The van der Waals surface area contributed by atoms with Crippen molar-refractivity contribution >= 4 is 11.0 Å². The normalized spacial score (nSPS) is 11.6. The maximum atomic E-state index is 5.29. The number of benzene rings is 5. The number of hydrogen-bond donors (Lipinski definition) is 0. The number of nitrogens with zero attached hydrogens (tertiary/aromatic N) is 3. The summed E-state index contributed by atoms with van der Waals surface area (Å²) in [7, 11) is 0. The summed E-state index contributed by atoms with van der Waals surface area (Å²) in [6.07, 6.45) is 3.82. The van der Waals surface area contributed by atoms with E-state index in [1.54, 1.807) is 0 Å². The molecule has 0 aliphatic heterocycles. The average Bonchev–Trinajstić information content (AvgIpc) is 3.08. The molecule has 0 aliphatic carbocycles. The Bertz CT molecular complexity index is 2140. The minimum Gasteiger partial charge on any atom is -0.256 e. The van der Waals surface area contributed by atoms with Crippen LogP contribution in [0.5, 0.6) is 0 Å². The number of aromatic nitrogens is 3. The number of fused-ring (bicyclic) bond motifs is 1. The molecule has 7 aromatic rings. The summed E-state index contributed by atoms with van der Waals surface area (Å²) < 4.78 is 0. The van der Waals surface area contributed by atoms with Gasteiger partial charge in [-0.05, 0) is 70.0 Å². The highest BCUT2D eigenvalue weighted by Gasteiger charge is 2.18. The summed E-state index contributed by atoms with van der Waals surface area (Å²) in [5.41, 5.74) is 15.0. The molecule has 0 saturated carbocycles. The second-order valence-corrected chi connectivity index (χ2v) is 12.6. The molecule has 2 aromatic heterocycles. The van der Waals surface area contributed by atoms with Crippen molar-refractivity contribution in [3.05, 3.63) is 151 Å². The first-order valence-corrected chi connectivity index (χ1v) is 15.4. The van der Waals surface area contributed by atoms with Crippen LogP contribution in [0.4, 0.5) is 0 Å². The van der Waals surface area contributed by atoms with Gasteiger partial charge in [-0.3, -0.25) is 9.97 Å². The molecule has 0 atom stereocenters. The van der Waals surface area contributed by atoms with Crippen LogP contribution in [0.25, 0.3) is 66.9 Å². The Morgan fingerprint density at radius 1 is 0.467 bits per heavy atom. The fraction of sp³-hybridized carbons (Fsp3) is 0.119. The van der Waals surface area contributed by atoms with Gasteiger partial charge in [0.15, 0.2) is 0 Å². The van der Waals surface area contributed by atoms with Crippen LogP contribution in [0.2, 0.25) is 0 Å². The van der Waals surface area contributed by atoms with E-state index in [-0.39, 0.29) is 5.41 Å². The lowest BCUT2D eigenvalue weighted by atomic mass is 9.87. The summed E-state index contributed by atoms with van der Waals surface area (Å²) in [5.74, 6) is 0. The smallest absolute Gasteiger partial charge is 0.0979 e. The van der Waals surface area contributed by atoms with Crippen molar-refractivity contribution in [3.8, 4) is 55.9 Å². The number of hydrogen-bond acceptors (Lipinski definition) is 3. The van der Waals surface area contributed by atoms with Gasteiger partial charge in [-0.15, -0.1) is 0 Å². The molecule has 2 heterocycles. The zero-order chi connectivity index (χ0) is 31.0. The van der Waals surface area contributed by atoms with E-state index in [2.05, 4.69) is 137 Å². The molecule has 0 N–H and O–H groups in total. The topological polar surface area (TPSA) is 38.7 Å². The van der Waals surface area contributed by atoms with Crippen molar-refractivity contribution in [3.63, 3.8) is 0 Å². The fourth-order valence-electron chi connectivity index (χ4n) is 5.92. The largest absolute Gasteiger partial charge is 0.256 e. The molecule has 0 saturated heterocycles. The van der Waals surface area contributed by atoms with Crippen molar-refractivity contribution in [2.24, 2.45) is 0 Å². The third-order valence-electron chi connectivity index (χ3n) is 8.50. The van der Waals surface area contributed by atoms with Crippen LogP contribution in [-0.2, 0) is 5.41 Å². The summed E-state index contributed by atoms with van der Waals surface area (Å²) in [6, 6.07) is 44.8. The van der Waals surface area contributed by atoms with E-state index in [0.717, 1.165) is 55.8 Å². The molecule has 0 spiro atoms. The molecule has 5 aromatic carbocycles. The highest BCUT2D eigenvalue weighted by Crippen LogP contribution is 2.38. The third kappa shape index (κ3) is 5.65. The van der Waals surface area contributed by atoms with Crippen molar-refractivity contribution in [1.29, 1.82) is 0 Å². The minimum atomic E-state index is 0.0424. The molecule has 0 fully saturated rings. The molecule has 218 valence electrons. The van der Waals surface area contributed by atoms with Gasteiger partial charge in [0, 0.05) is 28.5 Å². The zero-order valence-corrected chi connectivity index (χ0v) is 26.1. The van der Waals surface area contributed by atoms with Crippen LogP contribution < -0.4 is 0 Å². The lowest BCUT2D eigenvalue weighted by Crippen LogP contribution is -2.11. The molecule has 3 heteroatoms. The monoisotopic (exact) mass is 581 g/mol. The van der Waals surface area contributed by atoms with Gasteiger partial charge in [0.25, 0.3) is 0 Å². The second kappa shape index (κ2) is 11.6. The van der Waals surface area contributed by atoms with Crippen LogP contribution in [0.15, 0.2) is 140 Å². The van der Waals surface area contributed by atoms with Gasteiger partial charge in [-0.2, -0.15) is 0 Å². The predicted molar refractivity (Wildman–Crippen MR) is 188 cm³/mol. The Labute approximate surface area is 265 Å². The summed E-state index contributed by atoms with van der Waals surface area (Å²) in [4.78, 5) is 15.1. The first-order chi connectivity index (χ1) is 21.8. The summed E-state index contributed by atoms with van der Waals surface area (Å²) in [6.45, 7) is 8.86. The van der Waals surface area contributed by atoms with Gasteiger partial charge in [0.1, 0.15) is 0 Å². The lowest BCUT2D eigenvalue weighted by molar-refractivity contribution is 0.589. The van der Waals surface area contributed by atoms with Gasteiger partial charge < -0.3 is 0 Å². The van der Waals surface area contributed by atoms with Crippen molar-refractivity contribution in [1.82, 2.24) is 15.0 Å². The van der Waals surface area contributed by atoms with Gasteiger partial charge >= 0.3 is 0 Å². The van der Waals surface area contributed by atoms with Crippen LogP contribution in [0.1, 0.15) is 31.9 Å². The lowest BCUT2D eigenvalue weighted by Gasteiger charge is -2.19. The standard InChI is InChI=1S/C42H35N3/c1-28-18-19-31(29-12-7-5-8-13-29)25-37(28)36-21-20-35(41-40(36)44-27-39(45-41)30-14-9-6-10-15-30)32-16-11-17-33(24-32)38-26-34(22-23-43-38)42(2,3)4/h5-27H,1-4H3. The van der Waals surface area contributed by atoms with E-state index in [1.165, 1.54) is 22.3 Å². The molecule has 7 rings (SSSR count). The third-order valence-corrected chi connectivity index (χ3v) is 8.50. The van der Waals surface area contributed by atoms with Gasteiger partial charge in [-0.25, -0.2) is 4.98 Å². The van der Waals surface area contributed by atoms with Crippen molar-refractivity contribution < 1.29 is 0 Å². The molecule has 0 amide bonds. The Hall–Kier alpha value is -5.41. The van der Waals surface area contributed by atoms with Gasteiger partial charge in [0.05, 0.1) is 28.6 Å². The molecule has 0 aliphatic rings. The van der Waals surface area contributed by atoms with Crippen molar-refractivity contribution in [2.75, 3.05) is 0 Å². The SMILES string of the molecule is Cc1ccc(-c2ccccc2)cc1-c1ccc(-c2cccc(-c3cc(C(C)(C)C)ccn3)c2)c2nc(-c3ccccc3)cnc12. The highest BCUT2D eigenvalue weighted by molar-refractivity contribution is 6.02. The second-order valence-electron chi connectivity index (χ2n) is 12.6. The maximum Gasteiger partial charge on any atom is 0.0979 e. The summed E-state index contributed by atoms with van der Waals surface area (Å²) >= 11 is 0. The maximum absolute atomic E-state index is 5.29. The van der Waals surface area contributed by atoms with E-state index >= 15 is 0 Å². The van der Waals surface area contributed by atoms with Crippen molar-refractivity contribution in [2.45, 2.75) is 33.1 Å². The van der Waals surface area contributed by atoms with E-state index < -0.39 is 0 Å². The first-order valence-electron chi connectivity index (χ1n) is 15.4. The van der Waals surface area contributed by atoms with Gasteiger partial charge in [-0.1, -0.05) is 124 Å². The molecule has 0 radical (unpaired) electrons. The van der Waals surface area contributed by atoms with Crippen LogP contribution >= 0.6 is 0 Å². The number of aryl methyl sites for hydroxylation is 1. The average molecular weight is 582 g/mol. The Kier molecular flexibility index (Phi) is 7.31. The van der Waals surface area contributed by atoms with E-state index in [1.807, 2.05) is 30.6 Å². The molecular weight excluding hydrogens is 546 g/mol. The summed E-state index contributed by atoms with van der Waals surface area (Å²) in [5, 5.41) is 0. The molecular formula is C42H35N3. The number of pyridine rings is 1. The van der Waals surface area contributed by atoms with E-state index in [0.29, 0.717) is 0 Å². The van der Waals surface area contributed by atoms with Crippen LogP contribution in [0.3, 0.4) is 0 Å². The quantitative estimate of drug-likeness (QED) is 0.203. The first kappa shape index (κ1) is 28.4. The number of rotatable bonds is 5. The molecule has 0 unspecified atom stereocenters. The molecule has 45 heavy (non-hydrogen) atoms. The molecule has 0 bridgehead atoms. The Morgan fingerprint density at radius 3 is 1.91 bits per heavy atom. The predicted octanol–water partition coefficient (Wildman–Crippen LogP) is 11.0. The van der Waals surface area contributed by atoms with E-state index in [4.69, 9.17) is 15.0 Å². The van der Waals surface area contributed by atoms with Gasteiger partial charge in [0.2, 0.25) is 0 Å². The Morgan fingerprint density at radius 2 is 1.16 bits per heavy atom. The Balaban J connectivity index is 1.42. The molecule has 3 nitrogen and oxygen atoms in total. The van der Waals surface area contributed by atoms with Crippen LogP contribution in [-0.4, -0.2) is 15.0 Å². The van der Waals surface area contributed by atoms with E-state index in [9.17, 15) is 0 Å². The van der Waals surface area contributed by atoms with Crippen LogP contribution in [0, 0.1) is 6.92 Å². The minimum absolute atomic E-state index is 0.0424.